The van der Waals surface area contributed by atoms with E-state index in [1.165, 1.54) is 0 Å². The summed E-state index contributed by atoms with van der Waals surface area (Å²) in [5.41, 5.74) is 4.01. The molecule has 0 unspecified atom stereocenters. The van der Waals surface area contributed by atoms with Gasteiger partial charge >= 0.3 is 0 Å². The van der Waals surface area contributed by atoms with Crippen molar-refractivity contribution < 1.29 is 14.1 Å². The molecule has 0 aliphatic carbocycles. The molecule has 2 aromatic heterocycles. The van der Waals surface area contributed by atoms with Crippen LogP contribution in [0, 0.1) is 13.8 Å². The minimum atomic E-state index is 0.126. The maximum atomic E-state index is 12.7. The Balaban J connectivity index is 2.19. The van der Waals surface area contributed by atoms with Crippen LogP contribution < -0.4 is 9.47 Å². The number of Topliss-reactive ketones (excluding diaryl/α,β-unsaturated/α-hetero) is 1. The fraction of sp³-hybridized carbons (Fsp3) is 0.474. The predicted octanol–water partition coefficient (Wildman–Crippen LogP) is 2.55. The molecule has 2 rings (SSSR count). The minimum absolute atomic E-state index is 0.126. The number of ether oxygens (including phenoxy) is 1. The lowest BCUT2D eigenvalue weighted by atomic mass is 10.1. The second-order valence-electron chi connectivity index (χ2n) is 6.51. The van der Waals surface area contributed by atoms with Gasteiger partial charge in [0.1, 0.15) is 0 Å². The molecule has 0 bridgehead atoms. The maximum Gasteiger partial charge on any atom is 0.229 e. The Morgan fingerprint density at radius 2 is 1.92 bits per heavy atom. The molecular weight excluding hydrogens is 302 g/mol. The quantitative estimate of drug-likeness (QED) is 0.578. The number of pyridine rings is 1. The standard InChI is InChI=1S/C19H28N3O2/c1-14-11-18(16(3)22(14)15(2)13-24-6)19(23)12-21-9-7-17(8-10-21)20(4)5/h7-11,15H,12-13H2,1-6H3/q+1/t15-/m0/s1. The van der Waals surface area contributed by atoms with Crippen molar-refractivity contribution in [1.82, 2.24) is 4.57 Å². The Morgan fingerprint density at radius 1 is 1.29 bits per heavy atom. The average molecular weight is 330 g/mol. The van der Waals surface area contributed by atoms with E-state index in [1.54, 1.807) is 7.11 Å². The Labute approximate surface area is 144 Å². The number of carbonyl (C=O) groups is 1. The van der Waals surface area contributed by atoms with Crippen molar-refractivity contribution in [2.45, 2.75) is 33.4 Å². The van der Waals surface area contributed by atoms with Crippen LogP contribution in [0.4, 0.5) is 5.69 Å². The zero-order valence-corrected chi connectivity index (χ0v) is 15.5. The molecular formula is C19H28N3O2+. The number of hydrogen-bond acceptors (Lipinski definition) is 3. The highest BCUT2D eigenvalue weighted by molar-refractivity contribution is 5.96. The molecule has 130 valence electrons. The highest BCUT2D eigenvalue weighted by Crippen LogP contribution is 2.21. The third kappa shape index (κ3) is 3.85. The average Bonchev–Trinajstić information content (AvgIpc) is 2.83. The number of aryl methyl sites for hydroxylation is 1. The molecule has 24 heavy (non-hydrogen) atoms. The molecule has 0 aliphatic heterocycles. The molecule has 0 aliphatic rings. The first kappa shape index (κ1) is 18.2. The summed E-state index contributed by atoms with van der Waals surface area (Å²) in [6.07, 6.45) is 3.89. The Morgan fingerprint density at radius 3 is 2.46 bits per heavy atom. The van der Waals surface area contributed by atoms with Crippen molar-refractivity contribution >= 4 is 11.5 Å². The largest absolute Gasteiger partial charge is 0.383 e. The summed E-state index contributed by atoms with van der Waals surface area (Å²) in [5, 5.41) is 0. The molecule has 1 atom stereocenters. The second kappa shape index (κ2) is 7.62. The highest BCUT2D eigenvalue weighted by Gasteiger charge is 2.21. The zero-order chi connectivity index (χ0) is 17.9. The van der Waals surface area contributed by atoms with Crippen molar-refractivity contribution in [1.29, 1.82) is 0 Å². The maximum absolute atomic E-state index is 12.7. The first-order valence-electron chi connectivity index (χ1n) is 8.22. The number of methoxy groups -OCH3 is 1. The Bertz CT molecular complexity index is 702. The number of nitrogens with zero attached hydrogens (tertiary/aromatic N) is 3. The number of anilines is 1. The zero-order valence-electron chi connectivity index (χ0n) is 15.5. The van der Waals surface area contributed by atoms with Gasteiger partial charge in [-0.25, -0.2) is 0 Å². The first-order valence-corrected chi connectivity index (χ1v) is 8.22. The number of rotatable bonds is 7. The predicted molar refractivity (Wildman–Crippen MR) is 95.8 cm³/mol. The van der Waals surface area contributed by atoms with Gasteiger partial charge in [-0.2, -0.15) is 4.57 Å². The first-order chi connectivity index (χ1) is 11.3. The van der Waals surface area contributed by atoms with Crippen LogP contribution in [0.5, 0.6) is 0 Å². The van der Waals surface area contributed by atoms with E-state index in [-0.39, 0.29) is 11.8 Å². The highest BCUT2D eigenvalue weighted by atomic mass is 16.5. The lowest BCUT2D eigenvalue weighted by molar-refractivity contribution is -0.683. The molecule has 0 saturated heterocycles. The van der Waals surface area contributed by atoms with Crippen LogP contribution in [0.2, 0.25) is 0 Å². The van der Waals surface area contributed by atoms with Crippen LogP contribution in [0.3, 0.4) is 0 Å². The van der Waals surface area contributed by atoms with Crippen LogP contribution in [-0.2, 0) is 11.3 Å². The van der Waals surface area contributed by atoms with Gasteiger partial charge in [-0.3, -0.25) is 4.79 Å². The van der Waals surface area contributed by atoms with Crippen molar-refractivity contribution in [2.75, 3.05) is 32.7 Å². The number of carbonyl (C=O) groups excluding carboxylic acids is 1. The van der Waals surface area contributed by atoms with Gasteiger partial charge in [0.05, 0.1) is 12.6 Å². The van der Waals surface area contributed by atoms with Crippen LogP contribution in [-0.4, -0.2) is 38.2 Å². The van der Waals surface area contributed by atoms with Crippen LogP contribution in [0.15, 0.2) is 30.6 Å². The molecule has 2 heterocycles. The van der Waals surface area contributed by atoms with Crippen molar-refractivity contribution in [2.24, 2.45) is 0 Å². The lowest BCUT2D eigenvalue weighted by Gasteiger charge is -2.17. The van der Waals surface area contributed by atoms with E-state index in [1.807, 2.05) is 68.0 Å². The van der Waals surface area contributed by atoms with E-state index in [2.05, 4.69) is 11.5 Å². The normalized spacial score (nSPS) is 12.2. The molecule has 2 aromatic rings. The fourth-order valence-electron chi connectivity index (χ4n) is 3.16. The van der Waals surface area contributed by atoms with E-state index in [0.29, 0.717) is 13.2 Å². The Hall–Kier alpha value is -2.14. The minimum Gasteiger partial charge on any atom is -0.383 e. The molecule has 0 amide bonds. The summed E-state index contributed by atoms with van der Waals surface area (Å²) >= 11 is 0. The molecule has 5 heteroatoms. The molecule has 0 radical (unpaired) electrons. The third-order valence-electron chi connectivity index (χ3n) is 4.35. The number of aromatic nitrogens is 2. The molecule has 0 fully saturated rings. The third-order valence-corrected chi connectivity index (χ3v) is 4.35. The van der Waals surface area contributed by atoms with Gasteiger partial charge in [-0.1, -0.05) is 0 Å². The van der Waals surface area contributed by atoms with Gasteiger partial charge in [0.15, 0.2) is 12.4 Å². The van der Waals surface area contributed by atoms with Crippen molar-refractivity contribution in [3.05, 3.63) is 47.5 Å². The van der Waals surface area contributed by atoms with E-state index < -0.39 is 0 Å². The number of ketones is 1. The fourth-order valence-corrected chi connectivity index (χ4v) is 3.16. The Kier molecular flexibility index (Phi) is 5.78. The van der Waals surface area contributed by atoms with Gasteiger partial charge in [0.25, 0.3) is 0 Å². The van der Waals surface area contributed by atoms with E-state index in [4.69, 9.17) is 4.74 Å². The summed E-state index contributed by atoms with van der Waals surface area (Å²) in [5.74, 6) is 0.126. The van der Waals surface area contributed by atoms with Crippen LogP contribution in [0.25, 0.3) is 0 Å². The molecule has 5 nitrogen and oxygen atoms in total. The summed E-state index contributed by atoms with van der Waals surface area (Å²) in [4.78, 5) is 14.8. The van der Waals surface area contributed by atoms with E-state index >= 15 is 0 Å². The van der Waals surface area contributed by atoms with Crippen molar-refractivity contribution in [3.8, 4) is 0 Å². The second-order valence-corrected chi connectivity index (χ2v) is 6.51. The van der Waals surface area contributed by atoms with Gasteiger partial charge in [-0.05, 0) is 26.8 Å². The van der Waals surface area contributed by atoms with E-state index in [0.717, 1.165) is 22.6 Å². The summed E-state index contributed by atoms with van der Waals surface area (Å²) < 4.78 is 9.34. The van der Waals surface area contributed by atoms with Gasteiger partial charge in [0.2, 0.25) is 12.3 Å². The molecule has 0 saturated carbocycles. The molecule has 0 spiro atoms. The summed E-state index contributed by atoms with van der Waals surface area (Å²) in [6, 6.07) is 6.22. The lowest BCUT2D eigenvalue weighted by Crippen LogP contribution is -2.37. The van der Waals surface area contributed by atoms with E-state index in [9.17, 15) is 4.79 Å². The van der Waals surface area contributed by atoms with Gasteiger partial charge in [-0.15, -0.1) is 0 Å². The summed E-state index contributed by atoms with van der Waals surface area (Å²) in [7, 11) is 5.70. The van der Waals surface area contributed by atoms with Crippen LogP contribution >= 0.6 is 0 Å². The van der Waals surface area contributed by atoms with Gasteiger partial charge in [0, 0.05) is 56.0 Å². The van der Waals surface area contributed by atoms with Crippen LogP contribution in [0.1, 0.15) is 34.7 Å². The molecule has 0 aromatic carbocycles. The van der Waals surface area contributed by atoms with Gasteiger partial charge < -0.3 is 14.2 Å². The SMILES string of the molecule is COC[C@H](C)n1c(C)cc(C(=O)C[n+]2ccc(N(C)C)cc2)c1C. The number of hydrogen-bond donors (Lipinski definition) is 0. The molecule has 0 N–H and O–H groups in total. The summed E-state index contributed by atoms with van der Waals surface area (Å²) in [6.45, 7) is 7.12. The van der Waals surface area contributed by atoms with Crippen molar-refractivity contribution in [3.63, 3.8) is 0 Å². The smallest absolute Gasteiger partial charge is 0.229 e. The topological polar surface area (TPSA) is 38.4 Å². The monoisotopic (exact) mass is 330 g/mol.